The molecule has 7 heteroatoms. The van der Waals surface area contributed by atoms with Gasteiger partial charge in [-0.1, -0.05) is 18.2 Å². The van der Waals surface area contributed by atoms with Crippen molar-refractivity contribution in [1.82, 2.24) is 9.58 Å². The lowest BCUT2D eigenvalue weighted by Crippen LogP contribution is -2.35. The number of benzene rings is 1. The second kappa shape index (κ2) is 6.35. The van der Waals surface area contributed by atoms with E-state index in [4.69, 9.17) is 5.41 Å². The third-order valence-electron chi connectivity index (χ3n) is 4.68. The van der Waals surface area contributed by atoms with Crippen molar-refractivity contribution in [3.05, 3.63) is 58.4 Å². The van der Waals surface area contributed by atoms with E-state index in [0.29, 0.717) is 5.17 Å². The van der Waals surface area contributed by atoms with Gasteiger partial charge in [-0.2, -0.15) is 15.1 Å². The van der Waals surface area contributed by atoms with E-state index in [0.717, 1.165) is 27.7 Å². The number of carbonyl (C=O) groups excluding carboxylic acids is 1. The van der Waals surface area contributed by atoms with Gasteiger partial charge in [0.2, 0.25) is 5.17 Å². The standard InChI is InChI=1S/C20H19N5OS/c1-11-7-5-6-8-17(11)24-12(2)9-15(13(24)3)10-16-18(21)25-20(22-19(16)26)27-14(4)23-25/h5-10,21H,1-4H3/b16-10-,21-18?. The Morgan fingerprint density at radius 2 is 1.89 bits per heavy atom. The predicted molar refractivity (Wildman–Crippen MR) is 111 cm³/mol. The fourth-order valence-electron chi connectivity index (χ4n) is 3.36. The van der Waals surface area contributed by atoms with Crippen LogP contribution in [0.1, 0.15) is 29.4 Å². The lowest BCUT2D eigenvalue weighted by atomic mass is 10.1. The first-order valence-electron chi connectivity index (χ1n) is 8.58. The van der Waals surface area contributed by atoms with Crippen LogP contribution in [0.15, 0.2) is 46.0 Å². The van der Waals surface area contributed by atoms with Crippen molar-refractivity contribution >= 4 is 39.8 Å². The van der Waals surface area contributed by atoms with Crippen molar-refractivity contribution in [1.29, 1.82) is 5.41 Å². The Balaban J connectivity index is 1.80. The summed E-state index contributed by atoms with van der Waals surface area (Å²) in [5, 5.41) is 15.3. The van der Waals surface area contributed by atoms with Gasteiger partial charge in [0.15, 0.2) is 5.84 Å². The van der Waals surface area contributed by atoms with Crippen LogP contribution in [-0.2, 0) is 4.79 Å². The Hall–Kier alpha value is -2.93. The molecule has 0 atom stereocenters. The number of aromatic nitrogens is 1. The van der Waals surface area contributed by atoms with E-state index in [9.17, 15) is 4.79 Å². The Kier molecular flexibility index (Phi) is 4.11. The monoisotopic (exact) mass is 377 g/mol. The Morgan fingerprint density at radius 1 is 1.15 bits per heavy atom. The summed E-state index contributed by atoms with van der Waals surface area (Å²) in [6.07, 6.45) is 1.75. The summed E-state index contributed by atoms with van der Waals surface area (Å²) in [5.41, 5.74) is 5.52. The number of fused-ring (bicyclic) bond motifs is 1. The molecule has 4 rings (SSSR count). The van der Waals surface area contributed by atoms with Gasteiger partial charge in [-0.05, 0) is 68.8 Å². The lowest BCUT2D eigenvalue weighted by Gasteiger charge is -2.20. The maximum atomic E-state index is 12.5. The quantitative estimate of drug-likeness (QED) is 0.803. The minimum absolute atomic E-state index is 0.0649. The maximum absolute atomic E-state index is 12.5. The number of thioether (sulfide) groups is 1. The molecule has 1 aromatic heterocycles. The fraction of sp³-hybridized carbons (Fsp3) is 0.200. The second-order valence-electron chi connectivity index (χ2n) is 6.59. The van der Waals surface area contributed by atoms with E-state index in [-0.39, 0.29) is 11.4 Å². The predicted octanol–water partition coefficient (Wildman–Crippen LogP) is 4.04. The molecule has 136 valence electrons. The summed E-state index contributed by atoms with van der Waals surface area (Å²) in [6, 6.07) is 10.2. The maximum Gasteiger partial charge on any atom is 0.283 e. The normalized spacial score (nSPS) is 18.1. The number of hydrazone groups is 1. The number of aliphatic imine (C=N–C) groups is 1. The molecule has 27 heavy (non-hydrogen) atoms. The van der Waals surface area contributed by atoms with Crippen LogP contribution in [0.2, 0.25) is 0 Å². The van der Waals surface area contributed by atoms with E-state index < -0.39 is 5.91 Å². The lowest BCUT2D eigenvalue weighted by molar-refractivity contribution is -0.114. The molecule has 0 fully saturated rings. The number of amides is 1. The minimum atomic E-state index is -0.399. The van der Waals surface area contributed by atoms with Crippen LogP contribution in [0, 0.1) is 26.2 Å². The van der Waals surface area contributed by atoms with Gasteiger partial charge in [0.05, 0.1) is 10.6 Å². The Labute approximate surface area is 161 Å². The fourth-order valence-corrected chi connectivity index (χ4v) is 4.10. The highest BCUT2D eigenvalue weighted by atomic mass is 32.2. The van der Waals surface area contributed by atoms with Crippen molar-refractivity contribution < 1.29 is 4.79 Å². The largest absolute Gasteiger partial charge is 0.318 e. The molecule has 0 radical (unpaired) electrons. The van der Waals surface area contributed by atoms with Gasteiger partial charge in [0.1, 0.15) is 0 Å². The molecule has 2 aliphatic heterocycles. The van der Waals surface area contributed by atoms with Crippen LogP contribution < -0.4 is 0 Å². The first-order chi connectivity index (χ1) is 12.9. The molecule has 0 unspecified atom stereocenters. The first kappa shape index (κ1) is 17.5. The highest BCUT2D eigenvalue weighted by Gasteiger charge is 2.34. The average molecular weight is 377 g/mol. The van der Waals surface area contributed by atoms with E-state index in [1.54, 1.807) is 6.08 Å². The highest BCUT2D eigenvalue weighted by molar-refractivity contribution is 8.26. The number of nitrogens with one attached hydrogen (secondary N) is 1. The third kappa shape index (κ3) is 2.84. The summed E-state index contributed by atoms with van der Waals surface area (Å²) in [6.45, 7) is 7.97. The average Bonchev–Trinajstić information content (AvgIpc) is 3.12. The van der Waals surface area contributed by atoms with Gasteiger partial charge in [-0.25, -0.2) is 0 Å². The van der Waals surface area contributed by atoms with E-state index >= 15 is 0 Å². The molecule has 0 aliphatic carbocycles. The number of para-hydroxylation sites is 1. The number of amidine groups is 2. The number of carbonyl (C=O) groups is 1. The molecular weight excluding hydrogens is 358 g/mol. The van der Waals surface area contributed by atoms with Crippen LogP contribution in [0.25, 0.3) is 11.8 Å². The summed E-state index contributed by atoms with van der Waals surface area (Å²) in [4.78, 5) is 16.6. The number of rotatable bonds is 2. The van der Waals surface area contributed by atoms with Gasteiger partial charge in [0.25, 0.3) is 5.91 Å². The smallest absolute Gasteiger partial charge is 0.283 e. The number of aryl methyl sites for hydroxylation is 2. The number of hydrogen-bond donors (Lipinski definition) is 1. The molecule has 1 N–H and O–H groups in total. The molecular formula is C20H19N5OS. The summed E-state index contributed by atoms with van der Waals surface area (Å²) in [5.74, 6) is -0.334. The van der Waals surface area contributed by atoms with Crippen LogP contribution in [0.3, 0.4) is 0 Å². The summed E-state index contributed by atoms with van der Waals surface area (Å²) >= 11 is 1.31. The molecule has 0 spiro atoms. The molecule has 6 nitrogen and oxygen atoms in total. The van der Waals surface area contributed by atoms with Crippen LogP contribution >= 0.6 is 11.8 Å². The minimum Gasteiger partial charge on any atom is -0.318 e. The Morgan fingerprint density at radius 3 is 2.63 bits per heavy atom. The number of nitrogens with zero attached hydrogens (tertiary/aromatic N) is 4. The van der Waals surface area contributed by atoms with Gasteiger partial charge in [-0.15, -0.1) is 0 Å². The van der Waals surface area contributed by atoms with Crippen molar-refractivity contribution in [3.8, 4) is 5.69 Å². The highest BCUT2D eigenvalue weighted by Crippen LogP contribution is 2.30. The molecule has 3 heterocycles. The molecule has 2 aromatic rings. The zero-order chi connectivity index (χ0) is 19.3. The number of hydrogen-bond acceptors (Lipinski definition) is 4. The van der Waals surface area contributed by atoms with Crippen molar-refractivity contribution in [2.75, 3.05) is 0 Å². The van der Waals surface area contributed by atoms with Gasteiger partial charge in [-0.3, -0.25) is 10.2 Å². The Bertz CT molecular complexity index is 1090. The summed E-state index contributed by atoms with van der Waals surface area (Å²) < 4.78 is 2.17. The molecule has 0 saturated carbocycles. The van der Waals surface area contributed by atoms with Gasteiger partial charge >= 0.3 is 0 Å². The molecule has 1 amide bonds. The SMILES string of the molecule is CC1=NN2C(=N)/C(=C/c3cc(C)n(-c4ccccc4C)c3C)C(=O)N=C2S1. The molecule has 2 aliphatic rings. The zero-order valence-corrected chi connectivity index (χ0v) is 16.4. The molecule has 0 bridgehead atoms. The molecule has 0 saturated heterocycles. The van der Waals surface area contributed by atoms with Crippen LogP contribution in [0.5, 0.6) is 0 Å². The van der Waals surface area contributed by atoms with Crippen LogP contribution in [-0.4, -0.2) is 31.5 Å². The van der Waals surface area contributed by atoms with Crippen LogP contribution in [0.4, 0.5) is 0 Å². The van der Waals surface area contributed by atoms with Crippen molar-refractivity contribution in [2.45, 2.75) is 27.7 Å². The third-order valence-corrected chi connectivity index (χ3v) is 5.51. The van der Waals surface area contributed by atoms with E-state index in [2.05, 4.69) is 33.7 Å². The van der Waals surface area contributed by atoms with Gasteiger partial charge in [0, 0.05) is 17.1 Å². The molecule has 1 aromatic carbocycles. The first-order valence-corrected chi connectivity index (χ1v) is 9.40. The van der Waals surface area contributed by atoms with Crippen molar-refractivity contribution in [2.24, 2.45) is 10.1 Å². The van der Waals surface area contributed by atoms with Crippen molar-refractivity contribution in [3.63, 3.8) is 0 Å². The van der Waals surface area contributed by atoms with Gasteiger partial charge < -0.3 is 4.57 Å². The topological polar surface area (TPSA) is 73.8 Å². The van der Waals surface area contributed by atoms with E-state index in [1.807, 2.05) is 39.0 Å². The van der Waals surface area contributed by atoms with E-state index in [1.165, 1.54) is 22.3 Å². The summed E-state index contributed by atoms with van der Waals surface area (Å²) in [7, 11) is 0. The zero-order valence-electron chi connectivity index (χ0n) is 15.6. The second-order valence-corrected chi connectivity index (χ2v) is 7.75.